The van der Waals surface area contributed by atoms with Crippen LogP contribution in [0, 0.1) is 11.6 Å². The summed E-state index contributed by atoms with van der Waals surface area (Å²) in [7, 11) is 0. The zero-order valence-electron chi connectivity index (χ0n) is 14.8. The van der Waals surface area contributed by atoms with E-state index in [4.69, 9.17) is 9.47 Å². The van der Waals surface area contributed by atoms with Gasteiger partial charge in [0.1, 0.15) is 0 Å². The second-order valence-corrected chi connectivity index (χ2v) is 6.30. The molecule has 0 fully saturated rings. The molecular weight excluding hydrogens is 322 g/mol. The number of benzene rings is 2. The lowest BCUT2D eigenvalue weighted by atomic mass is 9.84. The zero-order chi connectivity index (χ0) is 17.8. The first kappa shape index (κ1) is 17.7. The third kappa shape index (κ3) is 3.48. The Morgan fingerprint density at radius 1 is 0.800 bits per heavy atom. The molecule has 134 valence electrons. The van der Waals surface area contributed by atoms with E-state index in [2.05, 4.69) is 6.92 Å². The highest BCUT2D eigenvalue weighted by atomic mass is 19.1. The van der Waals surface area contributed by atoms with Crippen molar-refractivity contribution in [1.82, 2.24) is 0 Å². The second kappa shape index (κ2) is 7.85. The molecule has 4 heteroatoms. The molecule has 2 nitrogen and oxygen atoms in total. The Morgan fingerprint density at radius 2 is 1.36 bits per heavy atom. The van der Waals surface area contributed by atoms with Gasteiger partial charge in [0, 0.05) is 0 Å². The predicted octanol–water partition coefficient (Wildman–Crippen LogP) is 5.70. The molecule has 0 saturated heterocycles. The third-order valence-corrected chi connectivity index (χ3v) is 4.64. The Labute approximate surface area is 147 Å². The first-order valence-electron chi connectivity index (χ1n) is 9.06. The van der Waals surface area contributed by atoms with Crippen molar-refractivity contribution in [2.45, 2.75) is 46.0 Å². The predicted molar refractivity (Wildman–Crippen MR) is 95.4 cm³/mol. The van der Waals surface area contributed by atoms with E-state index in [9.17, 15) is 8.78 Å². The fourth-order valence-corrected chi connectivity index (χ4v) is 3.36. The molecule has 0 spiro atoms. The van der Waals surface area contributed by atoms with Gasteiger partial charge < -0.3 is 9.47 Å². The van der Waals surface area contributed by atoms with Crippen LogP contribution in [0.5, 0.6) is 11.5 Å². The lowest BCUT2D eigenvalue weighted by Gasteiger charge is -2.23. The van der Waals surface area contributed by atoms with Crippen molar-refractivity contribution in [3.05, 3.63) is 47.0 Å². The van der Waals surface area contributed by atoms with Crippen molar-refractivity contribution in [1.29, 1.82) is 0 Å². The van der Waals surface area contributed by atoms with Gasteiger partial charge in [-0.25, -0.2) is 8.78 Å². The van der Waals surface area contributed by atoms with Gasteiger partial charge >= 0.3 is 0 Å². The average Bonchev–Trinajstić information content (AvgIpc) is 2.62. The Hall–Kier alpha value is -2.10. The molecule has 2 aromatic carbocycles. The van der Waals surface area contributed by atoms with E-state index in [1.807, 2.05) is 19.1 Å². The van der Waals surface area contributed by atoms with Gasteiger partial charge in [0.25, 0.3) is 0 Å². The first-order chi connectivity index (χ1) is 12.2. The van der Waals surface area contributed by atoms with E-state index in [0.717, 1.165) is 30.4 Å². The van der Waals surface area contributed by atoms with Crippen LogP contribution in [0.15, 0.2) is 24.3 Å². The van der Waals surface area contributed by atoms with Crippen molar-refractivity contribution in [3.63, 3.8) is 0 Å². The molecule has 25 heavy (non-hydrogen) atoms. The van der Waals surface area contributed by atoms with E-state index < -0.39 is 0 Å². The van der Waals surface area contributed by atoms with Crippen molar-refractivity contribution in [2.75, 3.05) is 13.2 Å². The molecule has 0 saturated carbocycles. The van der Waals surface area contributed by atoms with Crippen LogP contribution in [0.25, 0.3) is 11.1 Å². The van der Waals surface area contributed by atoms with Gasteiger partial charge in [-0.1, -0.05) is 31.9 Å². The van der Waals surface area contributed by atoms with Crippen LogP contribution in [-0.2, 0) is 12.8 Å². The van der Waals surface area contributed by atoms with Crippen molar-refractivity contribution in [2.24, 2.45) is 0 Å². The number of rotatable bonds is 7. The molecule has 0 heterocycles. The Morgan fingerprint density at radius 3 is 1.88 bits per heavy atom. The molecule has 0 aliphatic heterocycles. The standard InChI is InChI=1S/C21H24F2O2/c1-3-5-6-13-25-19-12-10-15-14-9-11-18(24-4-2)20(22)16(14)7-8-17(15)21(19)23/h9-12H,3-8,13H2,1-2H3. The summed E-state index contributed by atoms with van der Waals surface area (Å²) >= 11 is 0. The third-order valence-electron chi connectivity index (χ3n) is 4.64. The maximum atomic E-state index is 14.8. The molecule has 0 N–H and O–H groups in total. The maximum Gasteiger partial charge on any atom is 0.168 e. The van der Waals surface area contributed by atoms with E-state index in [0.29, 0.717) is 42.9 Å². The van der Waals surface area contributed by atoms with Gasteiger partial charge in [-0.05, 0) is 60.6 Å². The lowest BCUT2D eigenvalue weighted by molar-refractivity contribution is 0.290. The van der Waals surface area contributed by atoms with Crippen LogP contribution in [0.3, 0.4) is 0 Å². The van der Waals surface area contributed by atoms with Gasteiger partial charge in [0.05, 0.1) is 13.2 Å². The van der Waals surface area contributed by atoms with E-state index in [-0.39, 0.29) is 17.4 Å². The molecule has 0 bridgehead atoms. The molecule has 0 amide bonds. The van der Waals surface area contributed by atoms with E-state index >= 15 is 0 Å². The molecule has 1 aliphatic carbocycles. The fourth-order valence-electron chi connectivity index (χ4n) is 3.36. The summed E-state index contributed by atoms with van der Waals surface area (Å²) in [6.45, 7) is 4.88. The zero-order valence-corrected chi connectivity index (χ0v) is 14.8. The SMILES string of the molecule is CCCCCOc1ccc2c(c1F)CCc1c-2ccc(OCC)c1F. The molecule has 0 unspecified atom stereocenters. The highest BCUT2D eigenvalue weighted by Crippen LogP contribution is 2.40. The maximum absolute atomic E-state index is 14.8. The molecule has 3 rings (SSSR count). The van der Waals surface area contributed by atoms with Crippen LogP contribution in [0.4, 0.5) is 8.78 Å². The van der Waals surface area contributed by atoms with Crippen LogP contribution in [-0.4, -0.2) is 13.2 Å². The summed E-state index contributed by atoms with van der Waals surface area (Å²) < 4.78 is 40.4. The Kier molecular flexibility index (Phi) is 5.57. The van der Waals surface area contributed by atoms with Gasteiger partial charge in [0.2, 0.25) is 0 Å². The fraction of sp³-hybridized carbons (Fsp3) is 0.429. The summed E-state index contributed by atoms with van der Waals surface area (Å²) in [6.07, 6.45) is 4.02. The summed E-state index contributed by atoms with van der Waals surface area (Å²) in [5, 5.41) is 0. The van der Waals surface area contributed by atoms with Crippen molar-refractivity contribution < 1.29 is 18.3 Å². The number of hydrogen-bond donors (Lipinski definition) is 0. The monoisotopic (exact) mass is 346 g/mol. The summed E-state index contributed by atoms with van der Waals surface area (Å²) in [4.78, 5) is 0. The average molecular weight is 346 g/mol. The van der Waals surface area contributed by atoms with E-state index in [1.165, 1.54) is 0 Å². The quantitative estimate of drug-likeness (QED) is 0.599. The number of unbranched alkanes of at least 4 members (excludes halogenated alkanes) is 2. The summed E-state index contributed by atoms with van der Waals surface area (Å²) in [5.41, 5.74) is 2.72. The largest absolute Gasteiger partial charge is 0.491 e. The van der Waals surface area contributed by atoms with Gasteiger partial charge in [0.15, 0.2) is 23.1 Å². The van der Waals surface area contributed by atoms with Crippen LogP contribution in [0.1, 0.15) is 44.2 Å². The minimum Gasteiger partial charge on any atom is -0.491 e. The number of ether oxygens (including phenoxy) is 2. The number of hydrogen-bond acceptors (Lipinski definition) is 2. The Balaban J connectivity index is 1.90. The van der Waals surface area contributed by atoms with Crippen LogP contribution in [0.2, 0.25) is 0 Å². The van der Waals surface area contributed by atoms with Gasteiger partial charge in [-0.2, -0.15) is 0 Å². The number of fused-ring (bicyclic) bond motifs is 3. The van der Waals surface area contributed by atoms with Gasteiger partial charge in [-0.15, -0.1) is 0 Å². The lowest BCUT2D eigenvalue weighted by Crippen LogP contribution is -2.11. The van der Waals surface area contributed by atoms with Crippen molar-refractivity contribution in [3.8, 4) is 22.6 Å². The van der Waals surface area contributed by atoms with Crippen LogP contribution >= 0.6 is 0 Å². The molecule has 1 aliphatic rings. The summed E-state index contributed by atoms with van der Waals surface area (Å²) in [6, 6.07) is 6.94. The first-order valence-corrected chi connectivity index (χ1v) is 9.06. The highest BCUT2D eigenvalue weighted by molar-refractivity contribution is 5.75. The van der Waals surface area contributed by atoms with Crippen LogP contribution < -0.4 is 9.47 Å². The minimum absolute atomic E-state index is 0.265. The number of halogens is 2. The van der Waals surface area contributed by atoms with E-state index in [1.54, 1.807) is 12.1 Å². The normalized spacial score (nSPS) is 12.5. The molecule has 2 aromatic rings. The Bertz CT molecular complexity index is 756. The van der Waals surface area contributed by atoms with Gasteiger partial charge in [-0.3, -0.25) is 0 Å². The smallest absolute Gasteiger partial charge is 0.168 e. The summed E-state index contributed by atoms with van der Waals surface area (Å²) in [5.74, 6) is -0.0787. The molecule has 0 atom stereocenters. The molecular formula is C21H24F2O2. The topological polar surface area (TPSA) is 18.5 Å². The van der Waals surface area contributed by atoms with Crippen molar-refractivity contribution >= 4 is 0 Å². The molecule has 0 radical (unpaired) electrons. The molecule has 0 aromatic heterocycles. The second-order valence-electron chi connectivity index (χ2n) is 6.30. The highest BCUT2D eigenvalue weighted by Gasteiger charge is 2.25. The minimum atomic E-state index is -0.328.